The number of amides is 1. The van der Waals surface area contributed by atoms with E-state index in [2.05, 4.69) is 5.32 Å². The zero-order valence-corrected chi connectivity index (χ0v) is 16.7. The van der Waals surface area contributed by atoms with E-state index < -0.39 is 10.0 Å². The molecule has 1 atom stereocenters. The first kappa shape index (κ1) is 20.2. The molecule has 0 aliphatic carbocycles. The molecule has 0 radical (unpaired) electrons. The zero-order chi connectivity index (χ0) is 20.1. The van der Waals surface area contributed by atoms with Crippen molar-refractivity contribution in [2.45, 2.75) is 19.5 Å². The predicted octanol–water partition coefficient (Wildman–Crippen LogP) is 2.10. The van der Waals surface area contributed by atoms with E-state index in [0.717, 1.165) is 21.7 Å². The lowest BCUT2D eigenvalue weighted by molar-refractivity contribution is -0.122. The van der Waals surface area contributed by atoms with Crippen LogP contribution in [0.4, 0.5) is 0 Å². The van der Waals surface area contributed by atoms with Crippen molar-refractivity contribution < 1.29 is 22.7 Å². The molecular weight excluding hydrogens is 380 g/mol. The molecule has 1 N–H and O–H groups in total. The number of fused-ring (bicyclic) bond motifs is 1. The summed E-state index contributed by atoms with van der Waals surface area (Å²) >= 11 is 0. The fourth-order valence-corrected chi connectivity index (χ4v) is 3.67. The Balaban J connectivity index is 1.65. The van der Waals surface area contributed by atoms with Crippen molar-refractivity contribution in [3.05, 3.63) is 59.7 Å². The summed E-state index contributed by atoms with van der Waals surface area (Å²) in [5.74, 6) is 0.954. The number of carbonyl (C=O) groups excluding carboxylic acids is 1. The van der Waals surface area contributed by atoms with Crippen LogP contribution in [0.1, 0.15) is 24.1 Å². The van der Waals surface area contributed by atoms with Gasteiger partial charge >= 0.3 is 0 Å². The number of hydrogen-bond donors (Lipinski definition) is 1. The third kappa shape index (κ3) is 5.24. The Morgan fingerprint density at radius 2 is 1.79 bits per heavy atom. The average Bonchev–Trinajstić information content (AvgIpc) is 2.67. The van der Waals surface area contributed by atoms with E-state index in [1.807, 2.05) is 55.5 Å². The smallest absolute Gasteiger partial charge is 0.235 e. The number of ether oxygens (including phenoxy) is 2. The second-order valence-electron chi connectivity index (χ2n) is 6.71. The summed E-state index contributed by atoms with van der Waals surface area (Å²) in [4.78, 5) is 12.5. The van der Waals surface area contributed by atoms with E-state index in [1.54, 1.807) is 0 Å². The minimum Gasteiger partial charge on any atom is -0.486 e. The Morgan fingerprint density at radius 3 is 2.46 bits per heavy atom. The highest BCUT2D eigenvalue weighted by Crippen LogP contribution is 2.32. The van der Waals surface area contributed by atoms with Crippen LogP contribution in [0.15, 0.2) is 48.5 Å². The molecule has 1 aliphatic heterocycles. The molecule has 1 aliphatic rings. The highest BCUT2D eigenvalue weighted by Gasteiger charge is 2.22. The molecule has 0 aromatic heterocycles. The Labute approximate surface area is 165 Å². The van der Waals surface area contributed by atoms with Crippen molar-refractivity contribution in [1.82, 2.24) is 9.62 Å². The first-order valence-corrected chi connectivity index (χ1v) is 10.9. The summed E-state index contributed by atoms with van der Waals surface area (Å²) in [7, 11) is -3.53. The van der Waals surface area contributed by atoms with E-state index in [0.29, 0.717) is 24.7 Å². The normalized spacial score (nSPS) is 14.5. The molecule has 28 heavy (non-hydrogen) atoms. The number of nitrogens with one attached hydrogen (secondary N) is 1. The second-order valence-corrected chi connectivity index (χ2v) is 8.69. The third-order valence-electron chi connectivity index (χ3n) is 4.43. The van der Waals surface area contributed by atoms with Crippen LogP contribution < -0.4 is 14.8 Å². The highest BCUT2D eigenvalue weighted by atomic mass is 32.2. The van der Waals surface area contributed by atoms with Crippen molar-refractivity contribution in [2.24, 2.45) is 0 Å². The quantitative estimate of drug-likeness (QED) is 0.764. The largest absolute Gasteiger partial charge is 0.486 e. The van der Waals surface area contributed by atoms with Gasteiger partial charge in [0.25, 0.3) is 0 Å². The fraction of sp³-hybridized carbons (Fsp3) is 0.350. The van der Waals surface area contributed by atoms with Gasteiger partial charge in [0.1, 0.15) is 13.2 Å². The molecule has 0 fully saturated rings. The van der Waals surface area contributed by atoms with Gasteiger partial charge in [0, 0.05) is 6.54 Å². The SMILES string of the molecule is CC(NC(=O)CN(Cc1ccccc1)S(C)(=O)=O)c1ccc2c(c1)OCCO2. The maximum Gasteiger partial charge on any atom is 0.235 e. The van der Waals surface area contributed by atoms with Gasteiger partial charge in [-0.25, -0.2) is 8.42 Å². The van der Waals surface area contributed by atoms with Gasteiger partial charge in [-0.05, 0) is 30.2 Å². The number of rotatable bonds is 7. The van der Waals surface area contributed by atoms with Gasteiger partial charge in [0.2, 0.25) is 15.9 Å². The molecule has 2 aromatic rings. The molecule has 2 aromatic carbocycles. The lowest BCUT2D eigenvalue weighted by atomic mass is 10.1. The van der Waals surface area contributed by atoms with Crippen LogP contribution in [-0.4, -0.2) is 44.6 Å². The molecule has 0 saturated heterocycles. The van der Waals surface area contributed by atoms with Crippen molar-refractivity contribution in [3.8, 4) is 11.5 Å². The van der Waals surface area contributed by atoms with E-state index >= 15 is 0 Å². The van der Waals surface area contributed by atoms with Crippen molar-refractivity contribution >= 4 is 15.9 Å². The van der Waals surface area contributed by atoms with Gasteiger partial charge in [-0.2, -0.15) is 4.31 Å². The fourth-order valence-electron chi connectivity index (χ4n) is 2.94. The first-order valence-electron chi connectivity index (χ1n) is 9.01. The average molecular weight is 404 g/mol. The third-order valence-corrected chi connectivity index (χ3v) is 5.63. The van der Waals surface area contributed by atoms with Crippen LogP contribution in [0.25, 0.3) is 0 Å². The summed E-state index contributed by atoms with van der Waals surface area (Å²) in [6, 6.07) is 14.4. The van der Waals surface area contributed by atoms with Crippen molar-refractivity contribution in [2.75, 3.05) is 26.0 Å². The van der Waals surface area contributed by atoms with E-state index in [-0.39, 0.29) is 25.0 Å². The molecule has 8 heteroatoms. The van der Waals surface area contributed by atoms with Gasteiger partial charge in [0.15, 0.2) is 11.5 Å². The van der Waals surface area contributed by atoms with E-state index in [4.69, 9.17) is 9.47 Å². The molecular formula is C20H24N2O5S. The summed E-state index contributed by atoms with van der Waals surface area (Å²) in [5, 5.41) is 2.85. The minimum atomic E-state index is -3.53. The van der Waals surface area contributed by atoms with E-state index in [9.17, 15) is 13.2 Å². The summed E-state index contributed by atoms with van der Waals surface area (Å²) in [5.41, 5.74) is 1.67. The standard InChI is InChI=1S/C20H24N2O5S/c1-15(17-8-9-18-19(12-17)27-11-10-26-18)21-20(23)14-22(28(2,24)25)13-16-6-4-3-5-7-16/h3-9,12,15H,10-11,13-14H2,1-2H3,(H,21,23). The predicted molar refractivity (Wildman–Crippen MR) is 106 cm³/mol. The monoisotopic (exact) mass is 404 g/mol. The Morgan fingerprint density at radius 1 is 1.11 bits per heavy atom. The Bertz CT molecular complexity index is 931. The highest BCUT2D eigenvalue weighted by molar-refractivity contribution is 7.88. The molecule has 0 saturated carbocycles. The Kier molecular flexibility index (Phi) is 6.21. The van der Waals surface area contributed by atoms with Crippen LogP contribution in [-0.2, 0) is 21.4 Å². The van der Waals surface area contributed by atoms with Gasteiger partial charge in [0.05, 0.1) is 18.8 Å². The number of carbonyl (C=O) groups is 1. The summed E-state index contributed by atoms with van der Waals surface area (Å²) < 4.78 is 36.4. The second kappa shape index (κ2) is 8.62. The zero-order valence-electron chi connectivity index (χ0n) is 15.9. The lowest BCUT2D eigenvalue weighted by Crippen LogP contribution is -2.40. The molecule has 1 unspecified atom stereocenters. The van der Waals surface area contributed by atoms with Gasteiger partial charge in [-0.15, -0.1) is 0 Å². The number of benzene rings is 2. The van der Waals surface area contributed by atoms with Crippen molar-refractivity contribution in [3.63, 3.8) is 0 Å². The first-order chi connectivity index (χ1) is 13.3. The number of sulfonamides is 1. The van der Waals surface area contributed by atoms with Crippen LogP contribution in [0.2, 0.25) is 0 Å². The molecule has 1 amide bonds. The topological polar surface area (TPSA) is 84.9 Å². The van der Waals surface area contributed by atoms with Crippen LogP contribution in [0.5, 0.6) is 11.5 Å². The molecule has 3 rings (SSSR count). The molecule has 0 spiro atoms. The van der Waals surface area contributed by atoms with Crippen molar-refractivity contribution in [1.29, 1.82) is 0 Å². The van der Waals surface area contributed by atoms with Gasteiger partial charge in [-0.1, -0.05) is 36.4 Å². The van der Waals surface area contributed by atoms with Gasteiger partial charge < -0.3 is 14.8 Å². The minimum absolute atomic E-state index is 0.144. The molecule has 1 heterocycles. The van der Waals surface area contributed by atoms with Crippen LogP contribution in [0, 0.1) is 0 Å². The molecule has 7 nitrogen and oxygen atoms in total. The maximum absolute atomic E-state index is 12.5. The van der Waals surface area contributed by atoms with E-state index in [1.165, 1.54) is 0 Å². The van der Waals surface area contributed by atoms with Gasteiger partial charge in [-0.3, -0.25) is 4.79 Å². The van der Waals surface area contributed by atoms with Crippen LogP contribution in [0.3, 0.4) is 0 Å². The number of hydrogen-bond acceptors (Lipinski definition) is 5. The molecule has 150 valence electrons. The maximum atomic E-state index is 12.5. The molecule has 0 bridgehead atoms. The summed E-state index contributed by atoms with van der Waals surface area (Å²) in [6.45, 7) is 2.74. The lowest BCUT2D eigenvalue weighted by Gasteiger charge is -2.23. The Hall–Kier alpha value is -2.58. The van der Waals surface area contributed by atoms with Crippen LogP contribution >= 0.6 is 0 Å². The summed E-state index contributed by atoms with van der Waals surface area (Å²) in [6.07, 6.45) is 1.10. The number of nitrogens with zero attached hydrogens (tertiary/aromatic N) is 1.